The Morgan fingerprint density at radius 2 is 1.77 bits per heavy atom. The number of morpholine rings is 1. The van der Waals surface area contributed by atoms with Gasteiger partial charge in [0.25, 0.3) is 0 Å². The molecule has 0 amide bonds. The Kier molecular flexibility index (Phi) is 6.22. The summed E-state index contributed by atoms with van der Waals surface area (Å²) in [5, 5.41) is 5.89. The molecular formula is C21H29N3OS. The number of anilines is 1. The first-order valence-corrected chi connectivity index (χ1v) is 10.7. The first-order valence-electron chi connectivity index (χ1n) is 9.80. The molecule has 1 N–H and O–H groups in total. The number of rotatable bonds is 7. The maximum absolute atomic E-state index is 5.44. The highest BCUT2D eigenvalue weighted by molar-refractivity contribution is 7.10. The van der Waals surface area contributed by atoms with Gasteiger partial charge in [0.2, 0.25) is 0 Å². The van der Waals surface area contributed by atoms with Crippen LogP contribution in [0.15, 0.2) is 41.8 Å². The SMILES string of the molecule is c1csc([C@@H](CNCc2ccc(N3CCOCC3)cc2)N2CCCC2)c1. The molecule has 3 heterocycles. The van der Waals surface area contributed by atoms with Crippen LogP contribution in [0.5, 0.6) is 0 Å². The van der Waals surface area contributed by atoms with Crippen LogP contribution in [-0.4, -0.2) is 50.8 Å². The summed E-state index contributed by atoms with van der Waals surface area (Å²) in [6, 6.07) is 14.0. The van der Waals surface area contributed by atoms with Crippen molar-refractivity contribution in [2.24, 2.45) is 0 Å². The summed E-state index contributed by atoms with van der Waals surface area (Å²) in [5.74, 6) is 0. The lowest BCUT2D eigenvalue weighted by Crippen LogP contribution is -2.36. The van der Waals surface area contributed by atoms with Crippen LogP contribution >= 0.6 is 11.3 Å². The Bertz CT molecular complexity index is 646. The van der Waals surface area contributed by atoms with E-state index in [1.165, 1.54) is 42.1 Å². The van der Waals surface area contributed by atoms with E-state index in [4.69, 9.17) is 4.74 Å². The van der Waals surface area contributed by atoms with Gasteiger partial charge in [0.15, 0.2) is 0 Å². The normalized spacial score (nSPS) is 19.8. The lowest BCUT2D eigenvalue weighted by molar-refractivity contribution is 0.122. The van der Waals surface area contributed by atoms with Gasteiger partial charge in [0, 0.05) is 36.7 Å². The number of hydrogen-bond donors (Lipinski definition) is 1. The largest absolute Gasteiger partial charge is 0.378 e. The average molecular weight is 372 g/mol. The molecule has 140 valence electrons. The summed E-state index contributed by atoms with van der Waals surface area (Å²) in [6.45, 7) is 8.08. The molecule has 2 saturated heterocycles. The molecule has 1 aromatic carbocycles. The number of likely N-dealkylation sites (tertiary alicyclic amines) is 1. The van der Waals surface area contributed by atoms with Crippen molar-refractivity contribution in [2.75, 3.05) is 50.8 Å². The smallest absolute Gasteiger partial charge is 0.0642 e. The molecule has 1 aromatic heterocycles. The first kappa shape index (κ1) is 18.0. The van der Waals surface area contributed by atoms with Gasteiger partial charge in [-0.05, 0) is 55.1 Å². The van der Waals surface area contributed by atoms with Crippen LogP contribution in [0.2, 0.25) is 0 Å². The molecule has 2 aliphatic heterocycles. The Labute approximate surface area is 160 Å². The van der Waals surface area contributed by atoms with Gasteiger partial charge in [0.1, 0.15) is 0 Å². The number of ether oxygens (including phenoxy) is 1. The molecule has 0 saturated carbocycles. The second-order valence-corrected chi connectivity index (χ2v) is 8.15. The Morgan fingerprint density at radius 3 is 2.46 bits per heavy atom. The standard InChI is InChI=1S/C21H29N3OS/c1-2-10-24(9-1)20(21-4-3-15-26-21)17-22-16-18-5-7-19(8-6-18)23-11-13-25-14-12-23/h3-8,15,20,22H,1-2,9-14,16-17H2/t20-/m1/s1. The van der Waals surface area contributed by atoms with Crippen LogP contribution < -0.4 is 10.2 Å². The monoisotopic (exact) mass is 371 g/mol. The quantitative estimate of drug-likeness (QED) is 0.806. The van der Waals surface area contributed by atoms with Gasteiger partial charge < -0.3 is 15.0 Å². The summed E-state index contributed by atoms with van der Waals surface area (Å²) >= 11 is 1.88. The van der Waals surface area contributed by atoms with Crippen molar-refractivity contribution in [3.63, 3.8) is 0 Å². The third-order valence-electron chi connectivity index (χ3n) is 5.43. The Balaban J connectivity index is 1.31. The van der Waals surface area contributed by atoms with Gasteiger partial charge in [0.05, 0.1) is 19.3 Å². The first-order chi connectivity index (χ1) is 12.9. The molecule has 5 heteroatoms. The molecular weight excluding hydrogens is 342 g/mol. The Morgan fingerprint density at radius 1 is 1.00 bits per heavy atom. The topological polar surface area (TPSA) is 27.7 Å². The average Bonchev–Trinajstić information content (AvgIpc) is 3.41. The van der Waals surface area contributed by atoms with Crippen molar-refractivity contribution in [2.45, 2.75) is 25.4 Å². The van der Waals surface area contributed by atoms with Gasteiger partial charge in [-0.25, -0.2) is 0 Å². The van der Waals surface area contributed by atoms with Gasteiger partial charge in [-0.1, -0.05) is 18.2 Å². The molecule has 26 heavy (non-hydrogen) atoms. The number of nitrogens with one attached hydrogen (secondary N) is 1. The van der Waals surface area contributed by atoms with Gasteiger partial charge in [-0.2, -0.15) is 0 Å². The van der Waals surface area contributed by atoms with Crippen molar-refractivity contribution in [3.8, 4) is 0 Å². The summed E-state index contributed by atoms with van der Waals surface area (Å²) in [4.78, 5) is 6.53. The molecule has 2 aliphatic rings. The maximum Gasteiger partial charge on any atom is 0.0642 e. The number of hydrogen-bond acceptors (Lipinski definition) is 5. The second kappa shape index (κ2) is 9.00. The van der Waals surface area contributed by atoms with Crippen LogP contribution in [-0.2, 0) is 11.3 Å². The van der Waals surface area contributed by atoms with Crippen LogP contribution in [0.1, 0.15) is 29.3 Å². The second-order valence-electron chi connectivity index (χ2n) is 7.17. The van der Waals surface area contributed by atoms with Crippen LogP contribution in [0.25, 0.3) is 0 Å². The summed E-state index contributed by atoms with van der Waals surface area (Å²) in [5.41, 5.74) is 2.67. The highest BCUT2D eigenvalue weighted by atomic mass is 32.1. The van der Waals surface area contributed by atoms with E-state index in [2.05, 4.69) is 56.9 Å². The van der Waals surface area contributed by atoms with E-state index in [1.54, 1.807) is 0 Å². The zero-order chi connectivity index (χ0) is 17.6. The number of thiophene rings is 1. The van der Waals surface area contributed by atoms with E-state index in [0.717, 1.165) is 39.4 Å². The number of nitrogens with zero attached hydrogens (tertiary/aromatic N) is 2. The van der Waals surface area contributed by atoms with E-state index in [0.29, 0.717) is 6.04 Å². The minimum atomic E-state index is 0.519. The van der Waals surface area contributed by atoms with Crippen molar-refractivity contribution in [3.05, 3.63) is 52.2 Å². The predicted octanol–water partition coefficient (Wildman–Crippen LogP) is 3.51. The fourth-order valence-electron chi connectivity index (χ4n) is 3.94. The van der Waals surface area contributed by atoms with Crippen LogP contribution in [0.3, 0.4) is 0 Å². The minimum Gasteiger partial charge on any atom is -0.378 e. The van der Waals surface area contributed by atoms with Gasteiger partial charge in [-0.15, -0.1) is 11.3 Å². The molecule has 4 nitrogen and oxygen atoms in total. The molecule has 0 spiro atoms. The van der Waals surface area contributed by atoms with Crippen molar-refractivity contribution in [1.82, 2.24) is 10.2 Å². The van der Waals surface area contributed by atoms with E-state index in [1.807, 2.05) is 11.3 Å². The molecule has 1 atom stereocenters. The molecule has 2 aromatic rings. The highest BCUT2D eigenvalue weighted by Crippen LogP contribution is 2.28. The zero-order valence-electron chi connectivity index (χ0n) is 15.4. The summed E-state index contributed by atoms with van der Waals surface area (Å²) < 4.78 is 5.44. The lowest BCUT2D eigenvalue weighted by Gasteiger charge is -2.29. The van der Waals surface area contributed by atoms with Crippen molar-refractivity contribution >= 4 is 17.0 Å². The predicted molar refractivity (Wildman–Crippen MR) is 109 cm³/mol. The molecule has 0 unspecified atom stereocenters. The zero-order valence-corrected chi connectivity index (χ0v) is 16.2. The lowest BCUT2D eigenvalue weighted by atomic mass is 10.1. The highest BCUT2D eigenvalue weighted by Gasteiger charge is 2.23. The minimum absolute atomic E-state index is 0.519. The summed E-state index contributed by atoms with van der Waals surface area (Å²) in [7, 11) is 0. The van der Waals surface area contributed by atoms with Gasteiger partial charge >= 0.3 is 0 Å². The molecule has 0 aliphatic carbocycles. The third kappa shape index (κ3) is 4.46. The van der Waals surface area contributed by atoms with E-state index in [-0.39, 0.29) is 0 Å². The van der Waals surface area contributed by atoms with Crippen LogP contribution in [0, 0.1) is 0 Å². The van der Waals surface area contributed by atoms with E-state index < -0.39 is 0 Å². The van der Waals surface area contributed by atoms with Crippen LogP contribution in [0.4, 0.5) is 5.69 Å². The van der Waals surface area contributed by atoms with E-state index in [9.17, 15) is 0 Å². The number of benzene rings is 1. The molecule has 2 fully saturated rings. The van der Waals surface area contributed by atoms with E-state index >= 15 is 0 Å². The summed E-state index contributed by atoms with van der Waals surface area (Å²) in [6.07, 6.45) is 2.68. The fourth-order valence-corrected chi connectivity index (χ4v) is 4.80. The molecule has 4 rings (SSSR count). The van der Waals surface area contributed by atoms with Crippen molar-refractivity contribution in [1.29, 1.82) is 0 Å². The third-order valence-corrected chi connectivity index (χ3v) is 6.41. The maximum atomic E-state index is 5.44. The molecule has 0 radical (unpaired) electrons. The molecule has 0 bridgehead atoms. The Hall–Kier alpha value is -1.40. The fraction of sp³-hybridized carbons (Fsp3) is 0.524. The van der Waals surface area contributed by atoms with Crippen molar-refractivity contribution < 1.29 is 4.74 Å². The van der Waals surface area contributed by atoms with Gasteiger partial charge in [-0.3, -0.25) is 4.90 Å².